The maximum Gasteiger partial charge on any atom is 0.317 e. The number of urea groups is 1. The molecule has 98 valence electrons. The quantitative estimate of drug-likeness (QED) is 0.739. The number of rotatable bonds is 4. The van der Waals surface area contributed by atoms with Crippen molar-refractivity contribution in [2.45, 2.75) is 25.3 Å². The predicted octanol–water partition coefficient (Wildman–Crippen LogP) is 0.197. The Morgan fingerprint density at radius 1 is 1.41 bits per heavy atom. The lowest BCUT2D eigenvalue weighted by molar-refractivity contribution is -0.136. The Bertz CT molecular complexity index is 275. The van der Waals surface area contributed by atoms with Gasteiger partial charge in [0.2, 0.25) is 0 Å². The van der Waals surface area contributed by atoms with E-state index in [1.54, 1.807) is 11.9 Å². The van der Waals surface area contributed by atoms with Gasteiger partial charge in [0.05, 0.1) is 6.42 Å². The van der Waals surface area contributed by atoms with E-state index in [2.05, 4.69) is 17.3 Å². The Hall–Kier alpha value is -1.30. The molecule has 0 radical (unpaired) electrons. The van der Waals surface area contributed by atoms with Crippen LogP contribution >= 0.6 is 0 Å². The smallest absolute Gasteiger partial charge is 0.317 e. The normalized spacial score (nSPS) is 17.8. The molecule has 2 N–H and O–H groups in total. The molecular formula is C11H21N3O3. The lowest BCUT2D eigenvalue weighted by atomic mass is 10.0. The fourth-order valence-electron chi connectivity index (χ4n) is 1.95. The molecule has 2 amide bonds. The molecule has 17 heavy (non-hydrogen) atoms. The Kier molecular flexibility index (Phi) is 5.21. The van der Waals surface area contributed by atoms with Crippen LogP contribution in [0.5, 0.6) is 0 Å². The summed E-state index contributed by atoms with van der Waals surface area (Å²) in [5, 5.41) is 11.1. The van der Waals surface area contributed by atoms with Crippen LogP contribution < -0.4 is 5.32 Å². The number of carbonyl (C=O) groups is 2. The summed E-state index contributed by atoms with van der Waals surface area (Å²) < 4.78 is 0. The summed E-state index contributed by atoms with van der Waals surface area (Å²) in [6.45, 7) is 2.18. The highest BCUT2D eigenvalue weighted by molar-refractivity contribution is 5.75. The van der Waals surface area contributed by atoms with Crippen molar-refractivity contribution in [1.29, 1.82) is 0 Å². The predicted molar refractivity (Wildman–Crippen MR) is 63.9 cm³/mol. The molecule has 0 spiro atoms. The third-order valence-electron chi connectivity index (χ3n) is 3.17. The average molecular weight is 243 g/mol. The van der Waals surface area contributed by atoms with E-state index >= 15 is 0 Å². The van der Waals surface area contributed by atoms with Gasteiger partial charge in [-0.05, 0) is 33.0 Å². The fraction of sp³-hybridized carbons (Fsp3) is 0.818. The van der Waals surface area contributed by atoms with Crippen molar-refractivity contribution >= 4 is 12.0 Å². The largest absolute Gasteiger partial charge is 0.481 e. The molecule has 1 saturated heterocycles. The van der Waals surface area contributed by atoms with Crippen molar-refractivity contribution in [1.82, 2.24) is 15.1 Å². The minimum atomic E-state index is -0.896. The highest BCUT2D eigenvalue weighted by Gasteiger charge is 2.23. The molecular weight excluding hydrogens is 222 g/mol. The van der Waals surface area contributed by atoms with E-state index in [-0.39, 0.29) is 25.0 Å². The maximum absolute atomic E-state index is 11.7. The Labute approximate surface area is 102 Å². The second kappa shape index (κ2) is 6.44. The number of hydrogen-bond donors (Lipinski definition) is 2. The van der Waals surface area contributed by atoms with Gasteiger partial charge in [-0.15, -0.1) is 0 Å². The summed E-state index contributed by atoms with van der Waals surface area (Å²) in [7, 11) is 3.84. The lowest BCUT2D eigenvalue weighted by Crippen LogP contribution is -2.48. The van der Waals surface area contributed by atoms with Gasteiger partial charge in [-0.1, -0.05) is 0 Å². The molecule has 1 aliphatic heterocycles. The first-order chi connectivity index (χ1) is 8.00. The number of piperidine rings is 1. The molecule has 0 saturated carbocycles. The third kappa shape index (κ3) is 4.60. The van der Waals surface area contributed by atoms with Gasteiger partial charge >= 0.3 is 12.0 Å². The van der Waals surface area contributed by atoms with Gasteiger partial charge in [-0.2, -0.15) is 0 Å². The van der Waals surface area contributed by atoms with Crippen LogP contribution in [0.2, 0.25) is 0 Å². The topological polar surface area (TPSA) is 72.9 Å². The average Bonchev–Trinajstić information content (AvgIpc) is 2.28. The molecule has 1 aliphatic rings. The molecule has 0 aliphatic carbocycles. The standard InChI is InChI=1S/C11H21N3O3/c1-13-7-4-9(5-8-13)14(2)11(17)12-6-3-10(15)16/h9H,3-8H2,1-2H3,(H,12,17)(H,15,16). The van der Waals surface area contributed by atoms with E-state index in [1.807, 2.05) is 0 Å². The van der Waals surface area contributed by atoms with E-state index in [4.69, 9.17) is 5.11 Å². The molecule has 6 nitrogen and oxygen atoms in total. The first kappa shape index (κ1) is 13.8. The number of likely N-dealkylation sites (tertiary alicyclic amines) is 1. The highest BCUT2D eigenvalue weighted by Crippen LogP contribution is 2.13. The van der Waals surface area contributed by atoms with Crippen LogP contribution in [0, 0.1) is 0 Å². The number of carbonyl (C=O) groups excluding carboxylic acids is 1. The Morgan fingerprint density at radius 2 is 2.00 bits per heavy atom. The molecule has 1 rings (SSSR count). The summed E-state index contributed by atoms with van der Waals surface area (Å²) in [6, 6.07) is 0.0804. The van der Waals surface area contributed by atoms with Crippen LogP contribution in [0.4, 0.5) is 4.79 Å². The molecule has 0 aromatic carbocycles. The minimum Gasteiger partial charge on any atom is -0.481 e. The third-order valence-corrected chi connectivity index (χ3v) is 3.17. The summed E-state index contributed by atoms with van der Waals surface area (Å²) in [5.41, 5.74) is 0. The van der Waals surface area contributed by atoms with E-state index in [9.17, 15) is 9.59 Å². The van der Waals surface area contributed by atoms with Crippen molar-refractivity contribution in [3.63, 3.8) is 0 Å². The highest BCUT2D eigenvalue weighted by atomic mass is 16.4. The second-order valence-corrected chi connectivity index (χ2v) is 4.52. The zero-order chi connectivity index (χ0) is 12.8. The molecule has 6 heteroatoms. The SMILES string of the molecule is CN1CCC(N(C)C(=O)NCCC(=O)O)CC1. The van der Waals surface area contributed by atoms with Crippen molar-refractivity contribution in [3.05, 3.63) is 0 Å². The van der Waals surface area contributed by atoms with Gasteiger partial charge in [0.1, 0.15) is 0 Å². The fourth-order valence-corrected chi connectivity index (χ4v) is 1.95. The van der Waals surface area contributed by atoms with E-state index in [0.717, 1.165) is 25.9 Å². The van der Waals surface area contributed by atoms with Crippen LogP contribution in [-0.4, -0.2) is 66.7 Å². The number of aliphatic carboxylic acids is 1. The van der Waals surface area contributed by atoms with Crippen LogP contribution in [0.1, 0.15) is 19.3 Å². The maximum atomic E-state index is 11.7. The van der Waals surface area contributed by atoms with Gasteiger partial charge in [-0.25, -0.2) is 4.79 Å². The van der Waals surface area contributed by atoms with E-state index < -0.39 is 5.97 Å². The molecule has 1 fully saturated rings. The van der Waals surface area contributed by atoms with Crippen LogP contribution in [-0.2, 0) is 4.79 Å². The van der Waals surface area contributed by atoms with Crippen molar-refractivity contribution in [3.8, 4) is 0 Å². The van der Waals surface area contributed by atoms with E-state index in [0.29, 0.717) is 0 Å². The molecule has 0 unspecified atom stereocenters. The first-order valence-electron chi connectivity index (χ1n) is 5.91. The number of carboxylic acids is 1. The summed E-state index contributed by atoms with van der Waals surface area (Å²) in [4.78, 5) is 26.0. The summed E-state index contributed by atoms with van der Waals surface area (Å²) in [5.74, 6) is -0.896. The van der Waals surface area contributed by atoms with Crippen LogP contribution in [0.15, 0.2) is 0 Å². The molecule has 0 atom stereocenters. The Morgan fingerprint density at radius 3 is 2.53 bits per heavy atom. The van der Waals surface area contributed by atoms with Gasteiger partial charge in [0, 0.05) is 19.6 Å². The van der Waals surface area contributed by atoms with Gasteiger partial charge < -0.3 is 20.2 Å². The van der Waals surface area contributed by atoms with Crippen LogP contribution in [0.3, 0.4) is 0 Å². The van der Waals surface area contributed by atoms with Gasteiger partial charge in [0.25, 0.3) is 0 Å². The first-order valence-corrected chi connectivity index (χ1v) is 5.91. The van der Waals surface area contributed by atoms with Gasteiger partial charge in [0.15, 0.2) is 0 Å². The summed E-state index contributed by atoms with van der Waals surface area (Å²) in [6.07, 6.45) is 1.91. The number of nitrogens with zero attached hydrogens (tertiary/aromatic N) is 2. The second-order valence-electron chi connectivity index (χ2n) is 4.52. The van der Waals surface area contributed by atoms with Gasteiger partial charge in [-0.3, -0.25) is 4.79 Å². The molecule has 0 aromatic rings. The number of nitrogens with one attached hydrogen (secondary N) is 1. The zero-order valence-corrected chi connectivity index (χ0v) is 10.5. The summed E-state index contributed by atoms with van der Waals surface area (Å²) >= 11 is 0. The van der Waals surface area contributed by atoms with Crippen molar-refractivity contribution in [2.75, 3.05) is 33.7 Å². The molecule has 1 heterocycles. The van der Waals surface area contributed by atoms with E-state index in [1.165, 1.54) is 0 Å². The number of amides is 2. The zero-order valence-electron chi connectivity index (χ0n) is 10.5. The lowest BCUT2D eigenvalue weighted by Gasteiger charge is -2.35. The number of carboxylic acid groups (broad SMARTS) is 1. The monoisotopic (exact) mass is 243 g/mol. The number of hydrogen-bond acceptors (Lipinski definition) is 3. The van der Waals surface area contributed by atoms with Crippen molar-refractivity contribution in [2.24, 2.45) is 0 Å². The van der Waals surface area contributed by atoms with Crippen molar-refractivity contribution < 1.29 is 14.7 Å². The Balaban J connectivity index is 2.28. The van der Waals surface area contributed by atoms with Crippen LogP contribution in [0.25, 0.3) is 0 Å². The molecule has 0 bridgehead atoms. The molecule has 0 aromatic heterocycles. The minimum absolute atomic E-state index is 0.0347.